The third kappa shape index (κ3) is 2.43. The van der Waals surface area contributed by atoms with Crippen LogP contribution in [0.15, 0.2) is 18.3 Å². The van der Waals surface area contributed by atoms with E-state index in [4.69, 9.17) is 11.6 Å². The van der Waals surface area contributed by atoms with Crippen molar-refractivity contribution in [2.75, 3.05) is 26.2 Å². The van der Waals surface area contributed by atoms with Crippen LogP contribution >= 0.6 is 11.6 Å². The molecular formula is C15H20ClN3O2. The number of piperazine rings is 1. The van der Waals surface area contributed by atoms with Gasteiger partial charge < -0.3 is 5.11 Å². The van der Waals surface area contributed by atoms with E-state index in [0.717, 1.165) is 32.6 Å². The first-order valence-corrected chi connectivity index (χ1v) is 7.75. The van der Waals surface area contributed by atoms with Crippen molar-refractivity contribution in [1.29, 1.82) is 0 Å². The number of aromatic nitrogens is 1. The lowest BCUT2D eigenvalue weighted by molar-refractivity contribution is -0.153. The van der Waals surface area contributed by atoms with Gasteiger partial charge in [-0.1, -0.05) is 17.7 Å². The minimum Gasteiger partial charge on any atom is -0.480 e. The lowest BCUT2D eigenvalue weighted by atomic mass is 9.89. The average Bonchev–Trinajstić information content (AvgIpc) is 2.94. The number of carbonyl (C=O) groups is 1. The smallest absolute Gasteiger partial charge is 0.328 e. The third-order valence-corrected chi connectivity index (χ3v) is 5.22. The zero-order chi connectivity index (χ0) is 15.0. The monoisotopic (exact) mass is 309 g/mol. The van der Waals surface area contributed by atoms with Crippen LogP contribution in [-0.4, -0.2) is 58.1 Å². The molecule has 0 amide bonds. The van der Waals surface area contributed by atoms with Gasteiger partial charge in [-0.05, 0) is 32.4 Å². The maximum absolute atomic E-state index is 12.0. The van der Waals surface area contributed by atoms with E-state index >= 15 is 0 Å². The van der Waals surface area contributed by atoms with Gasteiger partial charge in [0.25, 0.3) is 0 Å². The van der Waals surface area contributed by atoms with Crippen LogP contribution < -0.4 is 0 Å². The molecule has 2 fully saturated rings. The molecule has 0 spiro atoms. The average molecular weight is 310 g/mol. The normalized spacial score (nSPS) is 26.3. The molecule has 0 radical (unpaired) electrons. The zero-order valence-electron chi connectivity index (χ0n) is 12.1. The quantitative estimate of drug-likeness (QED) is 0.863. The highest BCUT2D eigenvalue weighted by Gasteiger charge is 2.46. The lowest BCUT2D eigenvalue weighted by Gasteiger charge is -2.45. The van der Waals surface area contributed by atoms with Gasteiger partial charge in [0.1, 0.15) is 10.7 Å². The highest BCUT2D eigenvalue weighted by atomic mass is 35.5. The molecule has 0 bridgehead atoms. The van der Waals surface area contributed by atoms with Gasteiger partial charge in [-0.15, -0.1) is 0 Å². The van der Waals surface area contributed by atoms with E-state index < -0.39 is 11.5 Å². The molecule has 1 aromatic heterocycles. The summed E-state index contributed by atoms with van der Waals surface area (Å²) in [5.41, 5.74) is -0.550. The van der Waals surface area contributed by atoms with Crippen LogP contribution in [0.3, 0.4) is 0 Å². The van der Waals surface area contributed by atoms with E-state index in [1.807, 2.05) is 4.90 Å². The molecule has 1 N–H and O–H groups in total. The first-order valence-electron chi connectivity index (χ1n) is 7.37. The molecule has 2 aliphatic rings. The van der Waals surface area contributed by atoms with Gasteiger partial charge in [0, 0.05) is 37.4 Å². The second-order valence-corrected chi connectivity index (χ2v) is 6.36. The molecule has 21 heavy (non-hydrogen) atoms. The number of aliphatic carboxylic acids is 1. The van der Waals surface area contributed by atoms with Crippen molar-refractivity contribution in [2.45, 2.75) is 31.3 Å². The Morgan fingerprint density at radius 3 is 3.00 bits per heavy atom. The van der Waals surface area contributed by atoms with Crippen LogP contribution in [0.5, 0.6) is 0 Å². The summed E-state index contributed by atoms with van der Waals surface area (Å²) in [4.78, 5) is 20.6. The van der Waals surface area contributed by atoms with Crippen molar-refractivity contribution in [3.05, 3.63) is 29.0 Å². The maximum atomic E-state index is 12.0. The van der Waals surface area contributed by atoms with E-state index in [-0.39, 0.29) is 5.15 Å². The molecule has 2 aliphatic heterocycles. The van der Waals surface area contributed by atoms with Crippen molar-refractivity contribution in [2.24, 2.45) is 0 Å². The highest BCUT2D eigenvalue weighted by Crippen LogP contribution is 2.35. The molecule has 5 nitrogen and oxygen atoms in total. The predicted octanol–water partition coefficient (Wildman–Crippen LogP) is 1.81. The van der Waals surface area contributed by atoms with E-state index in [9.17, 15) is 9.90 Å². The summed E-state index contributed by atoms with van der Waals surface area (Å²) >= 11 is 6.17. The number of pyridine rings is 1. The molecule has 0 aliphatic carbocycles. The van der Waals surface area contributed by atoms with E-state index in [2.05, 4.69) is 9.88 Å². The Labute approximate surface area is 129 Å². The zero-order valence-corrected chi connectivity index (χ0v) is 12.9. The molecule has 6 heteroatoms. The fourth-order valence-corrected chi connectivity index (χ4v) is 3.87. The summed E-state index contributed by atoms with van der Waals surface area (Å²) < 4.78 is 0. The molecule has 0 aromatic carbocycles. The first kappa shape index (κ1) is 14.8. The van der Waals surface area contributed by atoms with Gasteiger partial charge in [-0.25, -0.2) is 9.78 Å². The molecule has 0 saturated carbocycles. The van der Waals surface area contributed by atoms with Gasteiger partial charge in [0.15, 0.2) is 0 Å². The van der Waals surface area contributed by atoms with Crippen molar-refractivity contribution in [1.82, 2.24) is 14.8 Å². The van der Waals surface area contributed by atoms with Crippen LogP contribution in [0.2, 0.25) is 5.15 Å². The number of carboxylic acid groups (broad SMARTS) is 1. The van der Waals surface area contributed by atoms with Gasteiger partial charge in [0.05, 0.1) is 0 Å². The van der Waals surface area contributed by atoms with Crippen molar-refractivity contribution in [3.8, 4) is 0 Å². The second kappa shape index (κ2) is 5.55. The molecule has 3 rings (SSSR count). The third-order valence-electron chi connectivity index (χ3n) is 4.92. The fraction of sp³-hybridized carbons (Fsp3) is 0.600. The van der Waals surface area contributed by atoms with E-state index in [1.54, 1.807) is 25.3 Å². The SMILES string of the molecule is CC(C(=O)O)(c1cccnc1Cl)N1CCN2CCC[C@@H]2C1. The van der Waals surface area contributed by atoms with Crippen LogP contribution in [0, 0.1) is 0 Å². The van der Waals surface area contributed by atoms with Crippen LogP contribution in [0.4, 0.5) is 0 Å². The van der Waals surface area contributed by atoms with Gasteiger partial charge in [-0.2, -0.15) is 0 Å². The Balaban J connectivity index is 1.94. The molecule has 1 unspecified atom stereocenters. The summed E-state index contributed by atoms with van der Waals surface area (Å²) in [5.74, 6) is -0.871. The fourth-order valence-electron chi connectivity index (χ4n) is 3.57. The van der Waals surface area contributed by atoms with Crippen LogP contribution in [0.25, 0.3) is 0 Å². The Hall–Kier alpha value is -1.17. The number of hydrogen-bond acceptors (Lipinski definition) is 4. The number of hydrogen-bond donors (Lipinski definition) is 1. The molecule has 2 atom stereocenters. The molecule has 1 aromatic rings. The number of carboxylic acids is 1. The molecule has 114 valence electrons. The van der Waals surface area contributed by atoms with Crippen LogP contribution in [-0.2, 0) is 10.3 Å². The van der Waals surface area contributed by atoms with Gasteiger partial charge >= 0.3 is 5.97 Å². The standard InChI is InChI=1S/C15H20ClN3O2/c1-15(14(20)21,12-5-2-6-17-13(12)16)19-9-8-18-7-3-4-11(18)10-19/h2,5-6,11H,3-4,7-10H2,1H3,(H,20,21)/t11-,15?/m1/s1. The summed E-state index contributed by atoms with van der Waals surface area (Å²) in [5, 5.41) is 10.1. The van der Waals surface area contributed by atoms with Gasteiger partial charge in [0.2, 0.25) is 0 Å². The maximum Gasteiger partial charge on any atom is 0.328 e. The molecular weight excluding hydrogens is 290 g/mol. The topological polar surface area (TPSA) is 56.7 Å². The summed E-state index contributed by atoms with van der Waals surface area (Å²) in [7, 11) is 0. The minimum absolute atomic E-state index is 0.274. The van der Waals surface area contributed by atoms with Crippen molar-refractivity contribution >= 4 is 17.6 Å². The summed E-state index contributed by atoms with van der Waals surface area (Å²) in [6.45, 7) is 5.31. The van der Waals surface area contributed by atoms with E-state index in [1.165, 1.54) is 6.42 Å². The molecule has 2 saturated heterocycles. The Morgan fingerprint density at radius 2 is 2.29 bits per heavy atom. The number of nitrogens with zero attached hydrogens (tertiary/aromatic N) is 3. The van der Waals surface area contributed by atoms with E-state index in [0.29, 0.717) is 11.6 Å². The highest BCUT2D eigenvalue weighted by molar-refractivity contribution is 6.30. The minimum atomic E-state index is -1.12. The first-order chi connectivity index (χ1) is 10.0. The largest absolute Gasteiger partial charge is 0.480 e. The summed E-state index contributed by atoms with van der Waals surface area (Å²) in [6, 6.07) is 3.98. The number of rotatable bonds is 3. The van der Waals surface area contributed by atoms with Crippen molar-refractivity contribution < 1.29 is 9.90 Å². The Kier molecular flexibility index (Phi) is 3.90. The predicted molar refractivity (Wildman–Crippen MR) is 80.4 cm³/mol. The summed E-state index contributed by atoms with van der Waals surface area (Å²) in [6.07, 6.45) is 3.94. The second-order valence-electron chi connectivity index (χ2n) is 6.00. The number of halogens is 1. The lowest BCUT2D eigenvalue weighted by Crippen LogP contribution is -2.59. The Bertz CT molecular complexity index is 553. The van der Waals surface area contributed by atoms with Crippen LogP contribution in [0.1, 0.15) is 25.3 Å². The number of fused-ring (bicyclic) bond motifs is 1. The Morgan fingerprint density at radius 1 is 1.48 bits per heavy atom. The van der Waals surface area contributed by atoms with Gasteiger partial charge in [-0.3, -0.25) is 9.80 Å². The molecule has 3 heterocycles. The van der Waals surface area contributed by atoms with Crippen molar-refractivity contribution in [3.63, 3.8) is 0 Å².